The average Bonchev–Trinajstić information content (AvgIpc) is 2.93. The minimum absolute atomic E-state index is 0.0384. The first-order valence-corrected chi connectivity index (χ1v) is 8.42. The van der Waals surface area contributed by atoms with Gasteiger partial charge in [0.15, 0.2) is 0 Å². The Hall–Kier alpha value is -1.95. The molecular formula is C18H23FN2O3. The molecule has 0 bridgehead atoms. The zero-order valence-corrected chi connectivity index (χ0v) is 13.9. The van der Waals surface area contributed by atoms with Crippen LogP contribution in [-0.4, -0.2) is 54.4 Å². The van der Waals surface area contributed by atoms with Crippen molar-refractivity contribution >= 4 is 11.8 Å². The van der Waals surface area contributed by atoms with Crippen LogP contribution in [0.3, 0.4) is 0 Å². The molecule has 1 aromatic carbocycles. The van der Waals surface area contributed by atoms with Crippen molar-refractivity contribution in [2.24, 2.45) is 5.92 Å². The van der Waals surface area contributed by atoms with Crippen molar-refractivity contribution < 1.29 is 18.7 Å². The maximum Gasteiger partial charge on any atom is 0.227 e. The fourth-order valence-electron chi connectivity index (χ4n) is 3.35. The number of ether oxygens (including phenoxy) is 1. The molecule has 1 atom stereocenters. The maximum absolute atomic E-state index is 13.6. The van der Waals surface area contributed by atoms with E-state index < -0.39 is 0 Å². The van der Waals surface area contributed by atoms with Crippen molar-refractivity contribution in [3.63, 3.8) is 0 Å². The lowest BCUT2D eigenvalue weighted by Crippen LogP contribution is -2.44. The molecule has 2 fully saturated rings. The van der Waals surface area contributed by atoms with E-state index in [4.69, 9.17) is 4.74 Å². The number of carbonyl (C=O) groups is 2. The molecule has 5 nitrogen and oxygen atoms in total. The molecule has 0 N–H and O–H groups in total. The molecule has 1 unspecified atom stereocenters. The van der Waals surface area contributed by atoms with Gasteiger partial charge in [-0.05, 0) is 18.9 Å². The zero-order chi connectivity index (χ0) is 17.1. The van der Waals surface area contributed by atoms with Crippen LogP contribution >= 0.6 is 0 Å². The third-order valence-corrected chi connectivity index (χ3v) is 4.88. The second-order valence-electron chi connectivity index (χ2n) is 6.60. The predicted molar refractivity (Wildman–Crippen MR) is 86.5 cm³/mol. The third kappa shape index (κ3) is 3.75. The maximum atomic E-state index is 13.6. The molecular weight excluding hydrogens is 311 g/mol. The molecule has 0 spiro atoms. The lowest BCUT2D eigenvalue weighted by atomic mass is 10.0. The van der Waals surface area contributed by atoms with Gasteiger partial charge in [0.2, 0.25) is 11.8 Å². The van der Waals surface area contributed by atoms with Crippen molar-refractivity contribution in [2.45, 2.75) is 32.0 Å². The highest BCUT2D eigenvalue weighted by Crippen LogP contribution is 2.22. The summed E-state index contributed by atoms with van der Waals surface area (Å²) >= 11 is 0. The molecule has 6 heteroatoms. The van der Waals surface area contributed by atoms with Crippen LogP contribution in [0.25, 0.3) is 0 Å². The van der Waals surface area contributed by atoms with E-state index >= 15 is 0 Å². The van der Waals surface area contributed by atoms with Crippen LogP contribution in [0, 0.1) is 11.7 Å². The van der Waals surface area contributed by atoms with Crippen LogP contribution in [0.1, 0.15) is 24.8 Å². The van der Waals surface area contributed by atoms with Gasteiger partial charge in [0.05, 0.1) is 18.6 Å². The number of hydrogen-bond acceptors (Lipinski definition) is 3. The van der Waals surface area contributed by atoms with E-state index in [-0.39, 0.29) is 36.3 Å². The lowest BCUT2D eigenvalue weighted by molar-refractivity contribution is -0.138. The largest absolute Gasteiger partial charge is 0.373 e. The summed E-state index contributed by atoms with van der Waals surface area (Å²) in [5.41, 5.74) is 0.559. The van der Waals surface area contributed by atoms with E-state index in [1.807, 2.05) is 4.90 Å². The van der Waals surface area contributed by atoms with Gasteiger partial charge in [-0.1, -0.05) is 18.2 Å². The summed E-state index contributed by atoms with van der Waals surface area (Å²) in [4.78, 5) is 27.5. The molecule has 2 heterocycles. The smallest absolute Gasteiger partial charge is 0.227 e. The summed E-state index contributed by atoms with van der Waals surface area (Å²) in [7, 11) is 1.73. The molecule has 3 rings (SSSR count). The van der Waals surface area contributed by atoms with E-state index in [9.17, 15) is 14.0 Å². The molecule has 0 aliphatic carbocycles. The van der Waals surface area contributed by atoms with Gasteiger partial charge in [-0.15, -0.1) is 0 Å². The lowest BCUT2D eigenvalue weighted by Gasteiger charge is -2.33. The van der Waals surface area contributed by atoms with Gasteiger partial charge < -0.3 is 14.5 Å². The zero-order valence-electron chi connectivity index (χ0n) is 13.9. The van der Waals surface area contributed by atoms with E-state index in [1.165, 1.54) is 6.07 Å². The van der Waals surface area contributed by atoms with Crippen LogP contribution in [0.4, 0.5) is 4.39 Å². The van der Waals surface area contributed by atoms with E-state index in [0.29, 0.717) is 31.6 Å². The number of likely N-dealkylation sites (tertiary alicyclic amines) is 2. The minimum Gasteiger partial charge on any atom is -0.373 e. The van der Waals surface area contributed by atoms with Gasteiger partial charge in [-0.2, -0.15) is 0 Å². The Morgan fingerprint density at radius 3 is 2.62 bits per heavy atom. The summed E-state index contributed by atoms with van der Waals surface area (Å²) in [5.74, 6) is -0.352. The minimum atomic E-state index is -0.250. The van der Waals surface area contributed by atoms with Crippen molar-refractivity contribution in [1.29, 1.82) is 0 Å². The number of piperidine rings is 1. The molecule has 130 valence electrons. The quantitative estimate of drug-likeness (QED) is 0.844. The number of benzene rings is 1. The highest BCUT2D eigenvalue weighted by Gasteiger charge is 2.35. The van der Waals surface area contributed by atoms with Crippen molar-refractivity contribution in [3.8, 4) is 0 Å². The van der Waals surface area contributed by atoms with Crippen molar-refractivity contribution in [1.82, 2.24) is 9.80 Å². The van der Waals surface area contributed by atoms with Crippen LogP contribution in [0.5, 0.6) is 0 Å². The fraction of sp³-hybridized carbons (Fsp3) is 0.556. The van der Waals surface area contributed by atoms with Gasteiger partial charge in [0.1, 0.15) is 5.82 Å². The summed E-state index contributed by atoms with van der Waals surface area (Å²) in [6.07, 6.45) is 1.86. The second-order valence-corrected chi connectivity index (χ2v) is 6.60. The Balaban J connectivity index is 1.45. The molecule has 0 radical (unpaired) electrons. The Morgan fingerprint density at radius 1 is 1.29 bits per heavy atom. The Labute approximate surface area is 141 Å². The van der Waals surface area contributed by atoms with Gasteiger partial charge in [0.25, 0.3) is 0 Å². The van der Waals surface area contributed by atoms with Crippen LogP contribution in [-0.2, 0) is 20.9 Å². The molecule has 0 saturated carbocycles. The molecule has 2 aliphatic heterocycles. The van der Waals surface area contributed by atoms with Crippen molar-refractivity contribution in [3.05, 3.63) is 35.6 Å². The first kappa shape index (κ1) is 16.9. The van der Waals surface area contributed by atoms with E-state index in [0.717, 1.165) is 12.8 Å². The van der Waals surface area contributed by atoms with Crippen LogP contribution in [0.15, 0.2) is 24.3 Å². The monoisotopic (exact) mass is 334 g/mol. The summed E-state index contributed by atoms with van der Waals surface area (Å²) in [6.45, 7) is 2.04. The average molecular weight is 334 g/mol. The van der Waals surface area contributed by atoms with E-state index in [1.54, 1.807) is 30.1 Å². The molecule has 2 amide bonds. The highest BCUT2D eigenvalue weighted by molar-refractivity contribution is 5.89. The predicted octanol–water partition coefficient (Wildman–Crippen LogP) is 1.81. The normalized spacial score (nSPS) is 22.2. The number of carbonyl (C=O) groups excluding carboxylic acids is 2. The van der Waals surface area contributed by atoms with Crippen molar-refractivity contribution in [2.75, 3.05) is 26.7 Å². The molecule has 24 heavy (non-hydrogen) atoms. The van der Waals surface area contributed by atoms with Gasteiger partial charge in [-0.3, -0.25) is 9.59 Å². The third-order valence-electron chi connectivity index (χ3n) is 4.88. The van der Waals surface area contributed by atoms with E-state index in [2.05, 4.69) is 0 Å². The first-order valence-electron chi connectivity index (χ1n) is 8.42. The molecule has 1 aromatic rings. The number of hydrogen-bond donors (Lipinski definition) is 0. The molecule has 2 saturated heterocycles. The Bertz CT molecular complexity index is 614. The van der Waals surface area contributed by atoms with Gasteiger partial charge in [-0.25, -0.2) is 4.39 Å². The highest BCUT2D eigenvalue weighted by atomic mass is 19.1. The molecule has 0 aromatic heterocycles. The Morgan fingerprint density at radius 2 is 2.00 bits per heavy atom. The number of amides is 2. The summed E-state index contributed by atoms with van der Waals surface area (Å²) in [6, 6.07) is 6.61. The Kier molecular flexibility index (Phi) is 5.14. The SMILES string of the molecule is CN1CC(C(=O)N2CCC(OCc3ccccc3F)CC2)CC1=O. The van der Waals surface area contributed by atoms with Gasteiger partial charge in [0, 0.05) is 38.7 Å². The second kappa shape index (κ2) is 7.30. The topological polar surface area (TPSA) is 49.9 Å². The first-order chi connectivity index (χ1) is 11.5. The summed E-state index contributed by atoms with van der Waals surface area (Å²) < 4.78 is 19.4. The summed E-state index contributed by atoms with van der Waals surface area (Å²) in [5, 5.41) is 0. The van der Waals surface area contributed by atoms with Gasteiger partial charge >= 0.3 is 0 Å². The number of nitrogens with zero attached hydrogens (tertiary/aromatic N) is 2. The number of rotatable bonds is 4. The standard InChI is InChI=1S/C18H23FN2O3/c1-20-11-14(10-17(20)22)18(23)21-8-6-15(7-9-21)24-12-13-4-2-3-5-16(13)19/h2-5,14-15H,6-12H2,1H3. The fourth-order valence-corrected chi connectivity index (χ4v) is 3.35. The molecule has 2 aliphatic rings. The van der Waals surface area contributed by atoms with Crippen LogP contribution in [0.2, 0.25) is 0 Å². The van der Waals surface area contributed by atoms with Crippen LogP contribution < -0.4 is 0 Å². The number of halogens is 1.